The smallest absolute Gasteiger partial charge is 0.231 e. The van der Waals surface area contributed by atoms with Crippen LogP contribution in [0.1, 0.15) is 16.7 Å². The number of methoxy groups -OCH3 is 1. The number of para-hydroxylation sites is 1. The Bertz CT molecular complexity index is 927. The van der Waals surface area contributed by atoms with Crippen molar-refractivity contribution < 1.29 is 18.9 Å². The van der Waals surface area contributed by atoms with Crippen molar-refractivity contribution in [2.75, 3.05) is 13.9 Å². The molecule has 0 radical (unpaired) electrons. The third-order valence-corrected chi connectivity index (χ3v) is 4.59. The van der Waals surface area contributed by atoms with Gasteiger partial charge in [0.15, 0.2) is 23.0 Å². The van der Waals surface area contributed by atoms with E-state index in [-0.39, 0.29) is 6.79 Å². The van der Waals surface area contributed by atoms with E-state index < -0.39 is 0 Å². The van der Waals surface area contributed by atoms with Crippen LogP contribution in [-0.4, -0.2) is 13.9 Å². The minimum Gasteiger partial charge on any atom is -0.493 e. The van der Waals surface area contributed by atoms with Gasteiger partial charge < -0.3 is 24.3 Å². The number of hydrogen-bond donors (Lipinski definition) is 1. The fourth-order valence-electron chi connectivity index (χ4n) is 3.15. The first kappa shape index (κ1) is 18.2. The lowest BCUT2D eigenvalue weighted by Crippen LogP contribution is -2.14. The summed E-state index contributed by atoms with van der Waals surface area (Å²) in [5.41, 5.74) is 3.31. The van der Waals surface area contributed by atoms with Crippen LogP contribution in [0.15, 0.2) is 66.7 Å². The van der Waals surface area contributed by atoms with Crippen LogP contribution in [0.5, 0.6) is 23.0 Å². The van der Waals surface area contributed by atoms with Gasteiger partial charge in [-0.2, -0.15) is 0 Å². The first-order chi connectivity index (χ1) is 13.8. The SMILES string of the molecule is COc1cccc(CNCc2ccc3c(c2)OCO3)c1OCc1ccccc1. The summed E-state index contributed by atoms with van der Waals surface area (Å²) in [6.07, 6.45) is 0. The molecule has 1 N–H and O–H groups in total. The fraction of sp³-hybridized carbons (Fsp3) is 0.217. The molecule has 0 amide bonds. The summed E-state index contributed by atoms with van der Waals surface area (Å²) in [6, 6.07) is 22.1. The molecular weight excluding hydrogens is 354 g/mol. The molecule has 28 heavy (non-hydrogen) atoms. The van der Waals surface area contributed by atoms with Gasteiger partial charge in [0.2, 0.25) is 6.79 Å². The lowest BCUT2D eigenvalue weighted by Gasteiger charge is -2.16. The quantitative estimate of drug-likeness (QED) is 0.635. The predicted octanol–water partition coefficient (Wildman–Crippen LogP) is 4.29. The van der Waals surface area contributed by atoms with Gasteiger partial charge in [-0.15, -0.1) is 0 Å². The van der Waals surface area contributed by atoms with Gasteiger partial charge in [-0.25, -0.2) is 0 Å². The molecular formula is C23H23NO4. The first-order valence-corrected chi connectivity index (χ1v) is 9.25. The maximum atomic E-state index is 6.11. The molecule has 0 bridgehead atoms. The van der Waals surface area contributed by atoms with Crippen molar-refractivity contribution in [1.82, 2.24) is 5.32 Å². The Morgan fingerprint density at radius 2 is 1.71 bits per heavy atom. The minimum absolute atomic E-state index is 0.290. The average Bonchev–Trinajstić information content (AvgIpc) is 3.21. The molecule has 0 atom stereocenters. The second-order valence-corrected chi connectivity index (χ2v) is 6.51. The molecule has 0 aliphatic carbocycles. The monoisotopic (exact) mass is 377 g/mol. The number of benzene rings is 3. The fourth-order valence-corrected chi connectivity index (χ4v) is 3.15. The van der Waals surface area contributed by atoms with E-state index in [0.717, 1.165) is 39.7 Å². The van der Waals surface area contributed by atoms with Gasteiger partial charge in [-0.3, -0.25) is 0 Å². The van der Waals surface area contributed by atoms with Crippen LogP contribution in [0.3, 0.4) is 0 Å². The molecule has 5 nitrogen and oxygen atoms in total. The van der Waals surface area contributed by atoms with Gasteiger partial charge in [-0.1, -0.05) is 48.5 Å². The second-order valence-electron chi connectivity index (χ2n) is 6.51. The standard InChI is InChI=1S/C23H23NO4/c1-25-21-9-5-8-19(23(21)26-15-17-6-3-2-4-7-17)14-24-13-18-10-11-20-22(12-18)28-16-27-20/h2-12,24H,13-16H2,1H3. The highest BCUT2D eigenvalue weighted by atomic mass is 16.7. The van der Waals surface area contributed by atoms with E-state index in [9.17, 15) is 0 Å². The third-order valence-electron chi connectivity index (χ3n) is 4.59. The molecule has 0 saturated carbocycles. The minimum atomic E-state index is 0.290. The highest BCUT2D eigenvalue weighted by Crippen LogP contribution is 2.33. The molecule has 3 aromatic rings. The Balaban J connectivity index is 1.42. The Morgan fingerprint density at radius 1 is 0.857 bits per heavy atom. The van der Waals surface area contributed by atoms with E-state index in [1.807, 2.05) is 60.7 Å². The molecule has 0 aromatic heterocycles. The summed E-state index contributed by atoms with van der Waals surface area (Å²) >= 11 is 0. The van der Waals surface area contributed by atoms with E-state index in [1.165, 1.54) is 0 Å². The van der Waals surface area contributed by atoms with Crippen LogP contribution in [0.2, 0.25) is 0 Å². The van der Waals surface area contributed by atoms with Crippen molar-refractivity contribution in [3.05, 3.63) is 83.4 Å². The topological polar surface area (TPSA) is 49.0 Å². The van der Waals surface area contributed by atoms with Gasteiger partial charge in [-0.05, 0) is 29.3 Å². The highest BCUT2D eigenvalue weighted by molar-refractivity contribution is 5.47. The van der Waals surface area contributed by atoms with Crippen LogP contribution in [0.4, 0.5) is 0 Å². The van der Waals surface area contributed by atoms with E-state index in [4.69, 9.17) is 18.9 Å². The van der Waals surface area contributed by atoms with Crippen LogP contribution >= 0.6 is 0 Å². The molecule has 1 aliphatic heterocycles. The molecule has 144 valence electrons. The molecule has 0 spiro atoms. The average molecular weight is 377 g/mol. The lowest BCUT2D eigenvalue weighted by atomic mass is 10.1. The van der Waals surface area contributed by atoms with Crippen LogP contribution < -0.4 is 24.3 Å². The third kappa shape index (κ3) is 4.21. The van der Waals surface area contributed by atoms with E-state index >= 15 is 0 Å². The van der Waals surface area contributed by atoms with Crippen molar-refractivity contribution in [2.24, 2.45) is 0 Å². The summed E-state index contributed by atoms with van der Waals surface area (Å²) in [4.78, 5) is 0. The van der Waals surface area contributed by atoms with Crippen LogP contribution in [0.25, 0.3) is 0 Å². The van der Waals surface area contributed by atoms with Crippen molar-refractivity contribution in [1.29, 1.82) is 0 Å². The maximum absolute atomic E-state index is 6.11. The zero-order valence-electron chi connectivity index (χ0n) is 15.8. The van der Waals surface area contributed by atoms with Crippen molar-refractivity contribution in [2.45, 2.75) is 19.7 Å². The Labute approximate surface area is 164 Å². The van der Waals surface area contributed by atoms with Crippen molar-refractivity contribution >= 4 is 0 Å². The lowest BCUT2D eigenvalue weighted by molar-refractivity contribution is 0.174. The molecule has 5 heteroatoms. The normalized spacial score (nSPS) is 12.0. The molecule has 1 aliphatic rings. The van der Waals surface area contributed by atoms with Crippen molar-refractivity contribution in [3.8, 4) is 23.0 Å². The highest BCUT2D eigenvalue weighted by Gasteiger charge is 2.14. The Morgan fingerprint density at radius 3 is 2.57 bits per heavy atom. The van der Waals surface area contributed by atoms with Gasteiger partial charge in [0.1, 0.15) is 6.61 Å². The van der Waals surface area contributed by atoms with Crippen LogP contribution in [0, 0.1) is 0 Å². The van der Waals surface area contributed by atoms with Gasteiger partial charge in [0, 0.05) is 18.7 Å². The molecule has 3 aromatic carbocycles. The summed E-state index contributed by atoms with van der Waals surface area (Å²) < 4.78 is 22.4. The zero-order valence-corrected chi connectivity index (χ0v) is 15.8. The summed E-state index contributed by atoms with van der Waals surface area (Å²) in [5.74, 6) is 3.10. The number of rotatable bonds is 8. The Hall–Kier alpha value is -3.18. The largest absolute Gasteiger partial charge is 0.493 e. The van der Waals surface area contributed by atoms with Crippen LogP contribution in [-0.2, 0) is 19.7 Å². The van der Waals surface area contributed by atoms with Gasteiger partial charge in [0.05, 0.1) is 7.11 Å². The number of hydrogen-bond acceptors (Lipinski definition) is 5. The summed E-state index contributed by atoms with van der Waals surface area (Å²) in [7, 11) is 1.66. The molecule has 4 rings (SSSR count). The van der Waals surface area contributed by atoms with Crippen molar-refractivity contribution in [3.63, 3.8) is 0 Å². The summed E-state index contributed by atoms with van der Waals surface area (Å²) in [5, 5.41) is 3.47. The van der Waals surface area contributed by atoms with E-state index in [2.05, 4.69) is 11.4 Å². The van der Waals surface area contributed by atoms with E-state index in [0.29, 0.717) is 19.7 Å². The zero-order chi connectivity index (χ0) is 19.2. The second kappa shape index (κ2) is 8.67. The number of fused-ring (bicyclic) bond motifs is 1. The molecule has 0 unspecified atom stereocenters. The number of nitrogens with one attached hydrogen (secondary N) is 1. The molecule has 0 fully saturated rings. The molecule has 0 saturated heterocycles. The number of ether oxygens (including phenoxy) is 4. The predicted molar refractivity (Wildman–Crippen MR) is 107 cm³/mol. The molecule has 1 heterocycles. The van der Waals surface area contributed by atoms with Gasteiger partial charge in [0.25, 0.3) is 0 Å². The maximum Gasteiger partial charge on any atom is 0.231 e. The first-order valence-electron chi connectivity index (χ1n) is 9.25. The van der Waals surface area contributed by atoms with Gasteiger partial charge >= 0.3 is 0 Å². The summed E-state index contributed by atoms with van der Waals surface area (Å²) in [6.45, 7) is 2.16. The van der Waals surface area contributed by atoms with E-state index in [1.54, 1.807) is 7.11 Å². The Kier molecular flexibility index (Phi) is 5.64.